The molecule has 5 heteroatoms. The van der Waals surface area contributed by atoms with Gasteiger partial charge in [-0.25, -0.2) is 0 Å². The number of aryl methyl sites for hydroxylation is 1. The molecule has 0 saturated carbocycles. The molecule has 0 saturated heterocycles. The second kappa shape index (κ2) is 8.76. The van der Waals surface area contributed by atoms with Gasteiger partial charge in [-0.15, -0.1) is 0 Å². The number of hydrogen-bond acceptors (Lipinski definition) is 4. The molecule has 1 aromatic heterocycles. The number of carbonyl (C=O) groups is 1. The zero-order valence-corrected chi connectivity index (χ0v) is 16.4. The number of aliphatic hydroxyl groups is 1. The Bertz CT molecular complexity index is 961. The van der Waals surface area contributed by atoms with Crippen LogP contribution in [0.25, 0.3) is 11.3 Å². The minimum Gasteiger partial charge on any atom is -0.491 e. The molecule has 2 N–H and O–H groups in total. The lowest BCUT2D eigenvalue weighted by molar-refractivity contribution is 0.102. The van der Waals surface area contributed by atoms with Gasteiger partial charge in [0.05, 0.1) is 6.10 Å². The third-order valence-corrected chi connectivity index (χ3v) is 4.60. The number of ether oxygens (including phenoxy) is 1. The van der Waals surface area contributed by atoms with Crippen molar-refractivity contribution in [1.29, 1.82) is 0 Å². The van der Waals surface area contributed by atoms with Crippen LogP contribution in [0, 0.1) is 6.92 Å². The summed E-state index contributed by atoms with van der Waals surface area (Å²) in [6.07, 6.45) is 0.988. The molecule has 0 spiro atoms. The molecule has 0 aliphatic rings. The average Bonchev–Trinajstić information content (AvgIpc) is 3.19. The molecule has 1 amide bonds. The molecular weight excluding hydrogens is 354 g/mol. The average molecular weight is 379 g/mol. The Labute approximate surface area is 165 Å². The molecule has 146 valence electrons. The van der Waals surface area contributed by atoms with Crippen LogP contribution in [-0.4, -0.2) is 17.1 Å². The van der Waals surface area contributed by atoms with Crippen molar-refractivity contribution >= 4 is 11.6 Å². The van der Waals surface area contributed by atoms with Gasteiger partial charge in [0, 0.05) is 16.8 Å². The van der Waals surface area contributed by atoms with Crippen molar-refractivity contribution in [1.82, 2.24) is 0 Å². The van der Waals surface area contributed by atoms with Gasteiger partial charge in [0.15, 0.2) is 0 Å². The van der Waals surface area contributed by atoms with Crippen LogP contribution in [0.5, 0.6) is 5.75 Å². The van der Waals surface area contributed by atoms with Gasteiger partial charge < -0.3 is 19.6 Å². The Hall–Kier alpha value is -3.05. The molecule has 5 nitrogen and oxygen atoms in total. The summed E-state index contributed by atoms with van der Waals surface area (Å²) in [5.74, 6) is 1.62. The number of carbonyl (C=O) groups excluding carboxylic acids is 1. The summed E-state index contributed by atoms with van der Waals surface area (Å²) in [6, 6.07) is 16.4. The Morgan fingerprint density at radius 3 is 2.71 bits per heavy atom. The van der Waals surface area contributed by atoms with Crippen molar-refractivity contribution in [3.8, 4) is 17.1 Å². The first-order chi connectivity index (χ1) is 13.5. The fraction of sp³-hybridized carbons (Fsp3) is 0.261. The molecule has 0 aliphatic carbocycles. The molecule has 2 aromatic carbocycles. The lowest BCUT2D eigenvalue weighted by Crippen LogP contribution is -2.14. The van der Waals surface area contributed by atoms with Crippen molar-refractivity contribution in [3.63, 3.8) is 0 Å². The summed E-state index contributed by atoms with van der Waals surface area (Å²) in [7, 11) is 0. The van der Waals surface area contributed by atoms with E-state index in [0.29, 0.717) is 28.5 Å². The molecule has 3 rings (SSSR count). The van der Waals surface area contributed by atoms with Crippen molar-refractivity contribution < 1.29 is 19.1 Å². The first-order valence-corrected chi connectivity index (χ1v) is 9.38. The maximum Gasteiger partial charge on any atom is 0.255 e. The van der Waals surface area contributed by atoms with Crippen LogP contribution in [0.15, 0.2) is 59.0 Å². The summed E-state index contributed by atoms with van der Waals surface area (Å²) in [5.41, 5.74) is 3.01. The lowest BCUT2D eigenvalue weighted by Gasteiger charge is -2.14. The van der Waals surface area contributed by atoms with E-state index < -0.39 is 0 Å². The number of hydrogen-bond donors (Lipinski definition) is 2. The maximum atomic E-state index is 12.7. The van der Waals surface area contributed by atoms with Crippen molar-refractivity contribution in [2.45, 2.75) is 39.9 Å². The molecule has 28 heavy (non-hydrogen) atoms. The van der Waals surface area contributed by atoms with Gasteiger partial charge in [-0.3, -0.25) is 4.79 Å². The van der Waals surface area contributed by atoms with Crippen LogP contribution in [0.1, 0.15) is 41.9 Å². The zero-order chi connectivity index (χ0) is 20.1. The van der Waals surface area contributed by atoms with Crippen molar-refractivity contribution in [2.24, 2.45) is 0 Å². The van der Waals surface area contributed by atoms with Crippen molar-refractivity contribution in [2.75, 3.05) is 5.32 Å². The third kappa shape index (κ3) is 4.61. The molecule has 1 heterocycles. The van der Waals surface area contributed by atoms with E-state index in [1.165, 1.54) is 0 Å². The summed E-state index contributed by atoms with van der Waals surface area (Å²) in [6.45, 7) is 5.84. The smallest absolute Gasteiger partial charge is 0.255 e. The highest BCUT2D eigenvalue weighted by Crippen LogP contribution is 2.28. The fourth-order valence-corrected chi connectivity index (χ4v) is 2.75. The quantitative estimate of drug-likeness (QED) is 0.593. The minimum atomic E-state index is -0.203. The first kappa shape index (κ1) is 19.7. The maximum absolute atomic E-state index is 12.7. The predicted octanol–water partition coefficient (Wildman–Crippen LogP) is 5.18. The highest BCUT2D eigenvalue weighted by molar-refractivity contribution is 6.05. The van der Waals surface area contributed by atoms with Gasteiger partial charge in [-0.2, -0.15) is 0 Å². The second-order valence-corrected chi connectivity index (χ2v) is 6.77. The zero-order valence-electron chi connectivity index (χ0n) is 16.4. The standard InChI is InChI=1S/C23H25NO4/c1-4-16(3)27-19-7-5-6-18(12-19)23(26)24-21-13-17(9-8-15(21)2)22-11-10-20(14-25)28-22/h5-13,16,25H,4,14H2,1-3H3,(H,24,26). The van der Waals surface area contributed by atoms with E-state index in [2.05, 4.69) is 12.2 Å². The van der Waals surface area contributed by atoms with Gasteiger partial charge in [0.2, 0.25) is 0 Å². The largest absolute Gasteiger partial charge is 0.491 e. The number of furan rings is 1. The van der Waals surface area contributed by atoms with Gasteiger partial charge in [0.25, 0.3) is 5.91 Å². The number of rotatable bonds is 7. The number of benzene rings is 2. The summed E-state index contributed by atoms with van der Waals surface area (Å²) in [5, 5.41) is 12.1. The lowest BCUT2D eigenvalue weighted by atomic mass is 10.1. The van der Waals surface area contributed by atoms with Crippen LogP contribution in [0.4, 0.5) is 5.69 Å². The van der Waals surface area contributed by atoms with E-state index in [1.807, 2.05) is 44.2 Å². The molecule has 1 unspecified atom stereocenters. The summed E-state index contributed by atoms with van der Waals surface area (Å²) in [4.78, 5) is 12.7. The van der Waals surface area contributed by atoms with Crippen molar-refractivity contribution in [3.05, 3.63) is 71.5 Å². The normalized spacial score (nSPS) is 11.9. The predicted molar refractivity (Wildman–Crippen MR) is 110 cm³/mol. The monoisotopic (exact) mass is 379 g/mol. The second-order valence-electron chi connectivity index (χ2n) is 6.77. The molecule has 3 aromatic rings. The molecule has 1 atom stereocenters. The van der Waals surface area contributed by atoms with E-state index >= 15 is 0 Å². The van der Waals surface area contributed by atoms with Gasteiger partial charge in [-0.05, 0) is 62.2 Å². The number of anilines is 1. The SMILES string of the molecule is CCC(C)Oc1cccc(C(=O)Nc2cc(-c3ccc(CO)o3)ccc2C)c1. The topological polar surface area (TPSA) is 71.7 Å². The van der Waals surface area contributed by atoms with E-state index in [1.54, 1.807) is 24.3 Å². The number of nitrogens with one attached hydrogen (secondary N) is 1. The molecule has 0 radical (unpaired) electrons. The van der Waals surface area contributed by atoms with Crippen LogP contribution < -0.4 is 10.1 Å². The van der Waals surface area contributed by atoms with E-state index in [4.69, 9.17) is 9.15 Å². The third-order valence-electron chi connectivity index (χ3n) is 4.60. The van der Waals surface area contributed by atoms with E-state index in [9.17, 15) is 9.90 Å². The molecule has 0 bridgehead atoms. The van der Waals surface area contributed by atoms with Gasteiger partial charge in [0.1, 0.15) is 23.9 Å². The number of aliphatic hydroxyl groups excluding tert-OH is 1. The van der Waals surface area contributed by atoms with E-state index in [-0.39, 0.29) is 18.6 Å². The molecule has 0 fully saturated rings. The van der Waals surface area contributed by atoms with Crippen LogP contribution >= 0.6 is 0 Å². The summed E-state index contributed by atoms with van der Waals surface area (Å²) < 4.78 is 11.4. The number of amides is 1. The Balaban J connectivity index is 1.80. The fourth-order valence-electron chi connectivity index (χ4n) is 2.75. The molecular formula is C23H25NO4. The highest BCUT2D eigenvalue weighted by Gasteiger charge is 2.12. The molecule has 0 aliphatic heterocycles. The van der Waals surface area contributed by atoms with Crippen LogP contribution in [-0.2, 0) is 6.61 Å². The van der Waals surface area contributed by atoms with Gasteiger partial charge >= 0.3 is 0 Å². The van der Waals surface area contributed by atoms with Crippen LogP contribution in [0.2, 0.25) is 0 Å². The Morgan fingerprint density at radius 1 is 1.18 bits per heavy atom. The Kier molecular flexibility index (Phi) is 6.16. The highest BCUT2D eigenvalue weighted by atomic mass is 16.5. The van der Waals surface area contributed by atoms with Gasteiger partial charge in [-0.1, -0.05) is 25.1 Å². The first-order valence-electron chi connectivity index (χ1n) is 9.38. The minimum absolute atomic E-state index is 0.0920. The summed E-state index contributed by atoms with van der Waals surface area (Å²) >= 11 is 0. The Morgan fingerprint density at radius 2 is 2.00 bits per heavy atom. The van der Waals surface area contributed by atoms with Crippen LogP contribution in [0.3, 0.4) is 0 Å². The van der Waals surface area contributed by atoms with E-state index in [0.717, 1.165) is 17.5 Å².